The lowest BCUT2D eigenvalue weighted by molar-refractivity contribution is -0.127. The van der Waals surface area contributed by atoms with Crippen molar-refractivity contribution in [1.29, 1.82) is 0 Å². The van der Waals surface area contributed by atoms with Crippen molar-refractivity contribution in [3.63, 3.8) is 0 Å². The fourth-order valence-corrected chi connectivity index (χ4v) is 2.18. The maximum absolute atomic E-state index is 11.6. The predicted octanol–water partition coefficient (Wildman–Crippen LogP) is 0.797. The lowest BCUT2D eigenvalue weighted by Crippen LogP contribution is -2.30. The molecule has 1 atom stereocenters. The molecule has 1 aliphatic heterocycles. The molecule has 1 aromatic rings. The van der Waals surface area contributed by atoms with Crippen molar-refractivity contribution in [3.05, 3.63) is 29.8 Å². The number of para-hydroxylation sites is 1. The van der Waals surface area contributed by atoms with Crippen LogP contribution in [0.4, 0.5) is 0 Å². The van der Waals surface area contributed by atoms with Crippen molar-refractivity contribution in [3.8, 4) is 5.75 Å². The van der Waals surface area contributed by atoms with E-state index in [4.69, 9.17) is 10.5 Å². The Labute approximate surface area is 101 Å². The van der Waals surface area contributed by atoms with Crippen LogP contribution in [-0.2, 0) is 11.2 Å². The third-order valence-electron chi connectivity index (χ3n) is 3.09. The molecule has 1 fully saturated rings. The van der Waals surface area contributed by atoms with Crippen LogP contribution in [-0.4, -0.2) is 37.0 Å². The number of nitrogens with zero attached hydrogens (tertiary/aromatic N) is 1. The number of likely N-dealkylation sites (tertiary alicyclic amines) is 1. The zero-order valence-electron chi connectivity index (χ0n) is 10.1. The van der Waals surface area contributed by atoms with Crippen molar-refractivity contribution >= 4 is 5.91 Å². The molecule has 1 aliphatic rings. The molecule has 0 bridgehead atoms. The zero-order valence-corrected chi connectivity index (χ0v) is 10.1. The third-order valence-corrected chi connectivity index (χ3v) is 3.09. The fourth-order valence-electron chi connectivity index (χ4n) is 2.18. The Hall–Kier alpha value is -1.55. The molecular weight excluding hydrogens is 216 g/mol. The van der Waals surface area contributed by atoms with Gasteiger partial charge in [-0.25, -0.2) is 0 Å². The quantitative estimate of drug-likeness (QED) is 0.838. The zero-order chi connectivity index (χ0) is 12.3. The van der Waals surface area contributed by atoms with Gasteiger partial charge in [-0.15, -0.1) is 0 Å². The SMILES string of the molecule is COc1ccccc1CCN1CC(N)CC1=O. The molecule has 1 saturated heterocycles. The third kappa shape index (κ3) is 2.77. The predicted molar refractivity (Wildman–Crippen MR) is 65.9 cm³/mol. The largest absolute Gasteiger partial charge is 0.496 e. The molecule has 0 radical (unpaired) electrons. The van der Waals surface area contributed by atoms with Crippen molar-refractivity contribution in [2.24, 2.45) is 5.73 Å². The summed E-state index contributed by atoms with van der Waals surface area (Å²) < 4.78 is 5.28. The smallest absolute Gasteiger partial charge is 0.224 e. The van der Waals surface area contributed by atoms with E-state index >= 15 is 0 Å². The minimum absolute atomic E-state index is 0.000156. The molecule has 4 heteroatoms. The van der Waals surface area contributed by atoms with Gasteiger partial charge in [0, 0.05) is 25.6 Å². The molecule has 1 amide bonds. The van der Waals surface area contributed by atoms with E-state index < -0.39 is 0 Å². The molecule has 4 nitrogen and oxygen atoms in total. The van der Waals surface area contributed by atoms with Gasteiger partial charge in [0.1, 0.15) is 5.75 Å². The summed E-state index contributed by atoms with van der Waals surface area (Å²) in [6.45, 7) is 1.39. The van der Waals surface area contributed by atoms with Crippen molar-refractivity contribution in [2.45, 2.75) is 18.9 Å². The van der Waals surface area contributed by atoms with E-state index in [0.717, 1.165) is 17.7 Å². The molecule has 0 saturated carbocycles. The van der Waals surface area contributed by atoms with E-state index in [0.29, 0.717) is 19.5 Å². The van der Waals surface area contributed by atoms with E-state index in [2.05, 4.69) is 0 Å². The Kier molecular flexibility index (Phi) is 3.64. The molecule has 0 aliphatic carbocycles. The number of ether oxygens (including phenoxy) is 1. The second kappa shape index (κ2) is 5.19. The van der Waals surface area contributed by atoms with Gasteiger partial charge in [-0.05, 0) is 18.1 Å². The van der Waals surface area contributed by atoms with E-state index in [9.17, 15) is 4.79 Å². The van der Waals surface area contributed by atoms with Crippen LogP contribution in [0.15, 0.2) is 24.3 Å². The molecule has 17 heavy (non-hydrogen) atoms. The van der Waals surface area contributed by atoms with Gasteiger partial charge in [-0.3, -0.25) is 4.79 Å². The van der Waals surface area contributed by atoms with E-state index in [1.165, 1.54) is 0 Å². The summed E-state index contributed by atoms with van der Waals surface area (Å²) in [5.41, 5.74) is 6.88. The molecule has 1 aromatic carbocycles. The van der Waals surface area contributed by atoms with E-state index in [1.54, 1.807) is 7.11 Å². The molecule has 0 spiro atoms. The number of nitrogens with two attached hydrogens (primary N) is 1. The molecule has 2 N–H and O–H groups in total. The highest BCUT2D eigenvalue weighted by Gasteiger charge is 2.26. The van der Waals surface area contributed by atoms with E-state index in [1.807, 2.05) is 29.2 Å². The Balaban J connectivity index is 1.96. The summed E-state index contributed by atoms with van der Waals surface area (Å²) in [4.78, 5) is 13.4. The lowest BCUT2D eigenvalue weighted by atomic mass is 10.1. The molecule has 1 heterocycles. The number of benzene rings is 1. The van der Waals surface area contributed by atoms with Gasteiger partial charge in [0.2, 0.25) is 5.91 Å². The highest BCUT2D eigenvalue weighted by Crippen LogP contribution is 2.19. The van der Waals surface area contributed by atoms with Crippen LogP contribution in [0.25, 0.3) is 0 Å². The van der Waals surface area contributed by atoms with Gasteiger partial charge in [0.25, 0.3) is 0 Å². The van der Waals surface area contributed by atoms with Crippen molar-refractivity contribution < 1.29 is 9.53 Å². The van der Waals surface area contributed by atoms with Crippen LogP contribution in [0.1, 0.15) is 12.0 Å². The normalized spacial score (nSPS) is 19.8. The Morgan fingerprint density at radius 1 is 1.47 bits per heavy atom. The number of hydrogen-bond acceptors (Lipinski definition) is 3. The standard InChI is InChI=1S/C13H18N2O2/c1-17-12-5-3-2-4-10(12)6-7-15-9-11(14)8-13(15)16/h2-5,11H,6-9,14H2,1H3. The van der Waals surface area contributed by atoms with Gasteiger partial charge in [-0.1, -0.05) is 18.2 Å². The minimum Gasteiger partial charge on any atom is -0.496 e. The van der Waals surface area contributed by atoms with Crippen LogP contribution in [0, 0.1) is 0 Å². The van der Waals surface area contributed by atoms with Crippen LogP contribution in [0.2, 0.25) is 0 Å². The molecule has 0 aromatic heterocycles. The number of methoxy groups -OCH3 is 1. The molecule has 92 valence electrons. The molecular formula is C13H18N2O2. The van der Waals surface area contributed by atoms with Crippen molar-refractivity contribution in [2.75, 3.05) is 20.2 Å². The fraction of sp³-hybridized carbons (Fsp3) is 0.462. The van der Waals surface area contributed by atoms with Gasteiger partial charge in [0.05, 0.1) is 7.11 Å². The van der Waals surface area contributed by atoms with Gasteiger partial charge >= 0.3 is 0 Å². The summed E-state index contributed by atoms with van der Waals surface area (Å²) in [5.74, 6) is 1.04. The molecule has 2 rings (SSSR count). The van der Waals surface area contributed by atoms with Gasteiger partial charge < -0.3 is 15.4 Å². The first kappa shape index (κ1) is 11.9. The number of carbonyl (C=O) groups excluding carboxylic acids is 1. The lowest BCUT2D eigenvalue weighted by Gasteiger charge is -2.16. The van der Waals surface area contributed by atoms with Crippen molar-refractivity contribution in [1.82, 2.24) is 4.90 Å². The summed E-state index contributed by atoms with van der Waals surface area (Å²) in [7, 11) is 1.66. The van der Waals surface area contributed by atoms with E-state index in [-0.39, 0.29) is 11.9 Å². The first-order chi connectivity index (χ1) is 8.20. The van der Waals surface area contributed by atoms with Crippen LogP contribution in [0.3, 0.4) is 0 Å². The Morgan fingerprint density at radius 2 is 2.24 bits per heavy atom. The first-order valence-corrected chi connectivity index (χ1v) is 5.86. The maximum Gasteiger partial charge on any atom is 0.224 e. The highest BCUT2D eigenvalue weighted by molar-refractivity contribution is 5.79. The topological polar surface area (TPSA) is 55.6 Å². The van der Waals surface area contributed by atoms with Crippen LogP contribution in [0.5, 0.6) is 5.75 Å². The first-order valence-electron chi connectivity index (χ1n) is 5.86. The minimum atomic E-state index is 0.000156. The second-order valence-corrected chi connectivity index (χ2v) is 4.37. The van der Waals surface area contributed by atoms with Gasteiger partial charge in [0.15, 0.2) is 0 Å². The Morgan fingerprint density at radius 3 is 2.88 bits per heavy atom. The summed E-state index contributed by atoms with van der Waals surface area (Å²) in [5, 5.41) is 0. The summed E-state index contributed by atoms with van der Waals surface area (Å²) in [6.07, 6.45) is 1.29. The highest BCUT2D eigenvalue weighted by atomic mass is 16.5. The summed E-state index contributed by atoms with van der Waals surface area (Å²) >= 11 is 0. The average Bonchev–Trinajstić information content (AvgIpc) is 2.65. The number of amides is 1. The average molecular weight is 234 g/mol. The van der Waals surface area contributed by atoms with Crippen LogP contribution >= 0.6 is 0 Å². The second-order valence-electron chi connectivity index (χ2n) is 4.37. The molecule has 1 unspecified atom stereocenters. The summed E-state index contributed by atoms with van der Waals surface area (Å²) in [6, 6.07) is 7.89. The number of rotatable bonds is 4. The monoisotopic (exact) mass is 234 g/mol. The number of hydrogen-bond donors (Lipinski definition) is 1. The number of carbonyl (C=O) groups is 1. The maximum atomic E-state index is 11.6. The van der Waals surface area contributed by atoms with Crippen LogP contribution < -0.4 is 10.5 Å². The van der Waals surface area contributed by atoms with Gasteiger partial charge in [-0.2, -0.15) is 0 Å². The Bertz CT molecular complexity index is 406.